The van der Waals surface area contributed by atoms with Gasteiger partial charge in [0.15, 0.2) is 0 Å². The van der Waals surface area contributed by atoms with Gasteiger partial charge in [-0.3, -0.25) is 14.4 Å². The van der Waals surface area contributed by atoms with E-state index in [1.165, 1.54) is 19.1 Å². The Balaban J connectivity index is 2.60. The van der Waals surface area contributed by atoms with Crippen LogP contribution >= 0.6 is 15.9 Å². The van der Waals surface area contributed by atoms with Gasteiger partial charge in [0, 0.05) is 28.8 Å². The highest BCUT2D eigenvalue weighted by molar-refractivity contribution is 9.10. The van der Waals surface area contributed by atoms with Crippen LogP contribution < -0.4 is 10.9 Å². The van der Waals surface area contributed by atoms with Crippen molar-refractivity contribution in [1.29, 1.82) is 0 Å². The third kappa shape index (κ3) is 8.39. The van der Waals surface area contributed by atoms with Gasteiger partial charge in [0.2, 0.25) is 5.91 Å². The van der Waals surface area contributed by atoms with Crippen LogP contribution in [0.5, 0.6) is 0 Å². The molecule has 0 fully saturated rings. The molecule has 2 rings (SSSR count). The summed E-state index contributed by atoms with van der Waals surface area (Å²) in [7, 11) is 3.40. The average molecular weight is 606 g/mol. The number of aryl methyl sites for hydroxylation is 1. The van der Waals surface area contributed by atoms with Crippen molar-refractivity contribution in [3.8, 4) is 0 Å². The average Bonchev–Trinajstić information content (AvgIpc) is 2.77. The third-order valence-corrected chi connectivity index (χ3v) is 6.41. The van der Waals surface area contributed by atoms with Gasteiger partial charge in [-0.05, 0) is 63.0 Å². The summed E-state index contributed by atoms with van der Waals surface area (Å²) >= 11 is 3.24. The van der Waals surface area contributed by atoms with Crippen molar-refractivity contribution in [2.75, 3.05) is 20.6 Å². The van der Waals surface area contributed by atoms with Crippen LogP contribution in [-0.2, 0) is 22.2 Å². The number of hydrogen-bond donors (Lipinski definition) is 2. The maximum Gasteiger partial charge on any atom is 0.416 e. The van der Waals surface area contributed by atoms with E-state index in [0.717, 1.165) is 10.8 Å². The normalized spacial score (nSPS) is 13.6. The number of carboxylic acids is 1. The third-order valence-electron chi connectivity index (χ3n) is 5.95. The fraction of sp³-hybridized carbons (Fsp3) is 0.500. The maximum atomic E-state index is 15.0. The molecule has 0 radical (unpaired) electrons. The van der Waals surface area contributed by atoms with Gasteiger partial charge in [-0.15, -0.1) is 0 Å². The van der Waals surface area contributed by atoms with Gasteiger partial charge in [0.05, 0.1) is 18.0 Å². The molecule has 1 heterocycles. The first kappa shape index (κ1) is 31.5. The van der Waals surface area contributed by atoms with Crippen molar-refractivity contribution in [3.05, 3.63) is 67.3 Å². The van der Waals surface area contributed by atoms with E-state index in [9.17, 15) is 37.1 Å². The van der Waals surface area contributed by atoms with Gasteiger partial charge in [0.1, 0.15) is 11.9 Å². The summed E-state index contributed by atoms with van der Waals surface area (Å²) in [5, 5.41) is 12.0. The molecular weight excluding hydrogens is 574 g/mol. The van der Waals surface area contributed by atoms with E-state index in [4.69, 9.17) is 0 Å². The van der Waals surface area contributed by atoms with Crippen molar-refractivity contribution in [3.63, 3.8) is 0 Å². The molecule has 210 valence electrons. The zero-order valence-corrected chi connectivity index (χ0v) is 23.4. The molecule has 2 unspecified atom stereocenters. The molecule has 2 atom stereocenters. The minimum Gasteiger partial charge on any atom is -0.481 e. The van der Waals surface area contributed by atoms with Gasteiger partial charge < -0.3 is 19.9 Å². The number of carbonyl (C=O) groups is 2. The summed E-state index contributed by atoms with van der Waals surface area (Å²) in [5.74, 6) is -2.96. The Hall–Kier alpha value is -2.73. The molecule has 2 N–H and O–H groups in total. The topological polar surface area (TPSA) is 91.6 Å². The molecule has 38 heavy (non-hydrogen) atoms. The second kappa shape index (κ2) is 12.9. The first-order valence-electron chi connectivity index (χ1n) is 12.0. The lowest BCUT2D eigenvalue weighted by molar-refractivity contribution is -0.139. The Bertz CT molecular complexity index is 1230. The number of carboxylic acid groups (broad SMARTS) is 1. The van der Waals surface area contributed by atoms with Gasteiger partial charge >= 0.3 is 12.1 Å². The molecular formula is C26H32BrF4N3O4. The number of aliphatic carboxylic acids is 1. The molecule has 1 aromatic carbocycles. The molecule has 0 saturated heterocycles. The second-order valence-corrected chi connectivity index (χ2v) is 10.9. The fourth-order valence-electron chi connectivity index (χ4n) is 4.12. The lowest BCUT2D eigenvalue weighted by Crippen LogP contribution is -2.41. The smallest absolute Gasteiger partial charge is 0.416 e. The number of nitrogens with zero attached hydrogens (tertiary/aromatic N) is 2. The van der Waals surface area contributed by atoms with Crippen molar-refractivity contribution in [2.24, 2.45) is 5.92 Å². The molecule has 1 amide bonds. The second-order valence-electron chi connectivity index (χ2n) is 9.94. The highest BCUT2D eigenvalue weighted by Crippen LogP contribution is 2.33. The zero-order valence-electron chi connectivity index (χ0n) is 21.8. The molecule has 2 aromatic rings. The largest absolute Gasteiger partial charge is 0.481 e. The first-order chi connectivity index (χ1) is 17.5. The minimum atomic E-state index is -4.77. The Morgan fingerprint density at radius 2 is 1.82 bits per heavy atom. The number of aromatic nitrogens is 1. The van der Waals surface area contributed by atoms with Gasteiger partial charge in [0.25, 0.3) is 5.56 Å². The van der Waals surface area contributed by atoms with Crippen molar-refractivity contribution in [2.45, 2.75) is 58.3 Å². The predicted molar refractivity (Wildman–Crippen MR) is 138 cm³/mol. The van der Waals surface area contributed by atoms with E-state index in [-0.39, 0.29) is 42.0 Å². The van der Waals surface area contributed by atoms with Crippen LogP contribution in [0.2, 0.25) is 0 Å². The quantitative estimate of drug-likeness (QED) is 0.348. The zero-order chi connectivity index (χ0) is 28.9. The van der Waals surface area contributed by atoms with Crippen LogP contribution in [0.25, 0.3) is 0 Å². The Kier molecular flexibility index (Phi) is 10.7. The summed E-state index contributed by atoms with van der Waals surface area (Å²) in [5.41, 5.74) is -2.08. The number of alkyl halides is 3. The highest BCUT2D eigenvalue weighted by Gasteiger charge is 2.36. The number of carbonyl (C=O) groups excluding carboxylic acids is 1. The number of hydrogen-bond acceptors (Lipinski definition) is 4. The van der Waals surface area contributed by atoms with E-state index in [1.807, 2.05) is 0 Å². The van der Waals surface area contributed by atoms with Crippen LogP contribution in [0.15, 0.2) is 33.7 Å². The van der Waals surface area contributed by atoms with Crippen molar-refractivity contribution < 1.29 is 32.3 Å². The van der Waals surface area contributed by atoms with E-state index in [0.29, 0.717) is 10.5 Å². The molecule has 0 spiro atoms. The van der Waals surface area contributed by atoms with E-state index >= 15 is 0 Å². The van der Waals surface area contributed by atoms with Crippen LogP contribution in [-0.4, -0.2) is 47.1 Å². The number of benzene rings is 1. The van der Waals surface area contributed by atoms with Crippen LogP contribution in [0.3, 0.4) is 0 Å². The van der Waals surface area contributed by atoms with Gasteiger partial charge in [-0.2, -0.15) is 13.2 Å². The Morgan fingerprint density at radius 3 is 2.34 bits per heavy atom. The van der Waals surface area contributed by atoms with Crippen LogP contribution in [0.1, 0.15) is 61.0 Å². The standard InChI is InChI=1S/C26H32BrF4N3O4/c1-14(2)8-21(34-13-16(6-7-33(4)5)19(11-22(34)35)26(29,30)31)25(38)32-20(12-23(36)37)18-10-17(27)9-15(3)24(18)28/h9-11,13-14,20-21H,6-8,12H2,1-5H3,(H,32,38)(H,36,37). The van der Waals surface area contributed by atoms with Crippen molar-refractivity contribution >= 4 is 27.8 Å². The van der Waals surface area contributed by atoms with E-state index in [1.54, 1.807) is 32.8 Å². The van der Waals surface area contributed by atoms with Gasteiger partial charge in [-0.1, -0.05) is 29.8 Å². The van der Waals surface area contributed by atoms with E-state index in [2.05, 4.69) is 21.2 Å². The number of pyridine rings is 1. The molecule has 0 aliphatic carbocycles. The summed E-state index contributed by atoms with van der Waals surface area (Å²) < 4.78 is 57.5. The number of rotatable bonds is 11. The van der Waals surface area contributed by atoms with Crippen LogP contribution in [0, 0.1) is 18.7 Å². The summed E-state index contributed by atoms with van der Waals surface area (Å²) in [6.07, 6.45) is -4.31. The summed E-state index contributed by atoms with van der Waals surface area (Å²) in [6, 6.07) is 0.797. The molecule has 0 bridgehead atoms. The molecule has 0 saturated carbocycles. The first-order valence-corrected chi connectivity index (χ1v) is 12.7. The molecule has 7 nitrogen and oxygen atoms in total. The number of nitrogens with one attached hydrogen (secondary N) is 1. The number of halogens is 5. The lowest BCUT2D eigenvalue weighted by Gasteiger charge is -2.26. The SMILES string of the molecule is Cc1cc(Br)cc(C(CC(=O)O)NC(=O)C(CC(C)C)n2cc(CCN(C)C)c(C(F)(F)F)cc2=O)c1F. The van der Waals surface area contributed by atoms with Crippen LogP contribution in [0.4, 0.5) is 17.6 Å². The number of likely N-dealkylation sites (N-methyl/N-ethyl adjacent to an activating group) is 1. The predicted octanol–water partition coefficient (Wildman–Crippen LogP) is 5.10. The monoisotopic (exact) mass is 605 g/mol. The molecule has 1 aromatic heterocycles. The van der Waals surface area contributed by atoms with Crippen molar-refractivity contribution in [1.82, 2.24) is 14.8 Å². The van der Waals surface area contributed by atoms with E-state index < -0.39 is 53.5 Å². The highest BCUT2D eigenvalue weighted by atomic mass is 79.9. The summed E-state index contributed by atoms with van der Waals surface area (Å²) in [4.78, 5) is 39.7. The summed E-state index contributed by atoms with van der Waals surface area (Å²) in [6.45, 7) is 5.30. The lowest BCUT2D eigenvalue weighted by atomic mass is 9.98. The van der Waals surface area contributed by atoms with Gasteiger partial charge in [-0.25, -0.2) is 4.39 Å². The molecule has 0 aliphatic rings. The minimum absolute atomic E-state index is 0.0255. The molecule has 12 heteroatoms. The Morgan fingerprint density at radius 1 is 1.18 bits per heavy atom. The Labute approximate surface area is 227 Å². The maximum absolute atomic E-state index is 15.0. The fourth-order valence-corrected chi connectivity index (χ4v) is 4.71. The number of amides is 1. The molecule has 0 aliphatic heterocycles.